The van der Waals surface area contributed by atoms with Gasteiger partial charge >= 0.3 is 6.03 Å². The van der Waals surface area contributed by atoms with Crippen LogP contribution in [0, 0.1) is 10.1 Å². The van der Waals surface area contributed by atoms with Gasteiger partial charge in [0, 0.05) is 38.7 Å². The second-order valence-electron chi connectivity index (χ2n) is 10.1. The highest BCUT2D eigenvalue weighted by Gasteiger charge is 2.30. The molecule has 13 heteroatoms. The number of sulfone groups is 1. The SMILES string of the molecule is CN(C)CCNC(=O)[C@H](Cc1ccc(S(=O)(=O)c2ccccc2)c([N+](=O)[O-])c1)NC(=O)N(CCO)CCc1ccccc1. The highest BCUT2D eigenvalue weighted by molar-refractivity contribution is 7.91. The minimum Gasteiger partial charge on any atom is -0.395 e. The van der Waals surface area contributed by atoms with Crippen molar-refractivity contribution in [3.8, 4) is 0 Å². The maximum atomic E-state index is 13.3. The van der Waals surface area contributed by atoms with E-state index in [2.05, 4.69) is 10.6 Å². The zero-order chi connectivity index (χ0) is 31.4. The van der Waals surface area contributed by atoms with Crippen LogP contribution < -0.4 is 10.6 Å². The topological polar surface area (TPSA) is 162 Å². The Bertz CT molecular complexity index is 1490. The molecule has 230 valence electrons. The Hall–Kier alpha value is -4.33. The van der Waals surface area contributed by atoms with Crippen molar-refractivity contribution in [2.24, 2.45) is 0 Å². The van der Waals surface area contributed by atoms with E-state index in [4.69, 9.17) is 0 Å². The molecule has 0 heterocycles. The summed E-state index contributed by atoms with van der Waals surface area (Å²) in [5.41, 5.74) is 0.642. The van der Waals surface area contributed by atoms with Crippen LogP contribution in [0.1, 0.15) is 11.1 Å². The monoisotopic (exact) mass is 611 g/mol. The summed E-state index contributed by atoms with van der Waals surface area (Å²) in [7, 11) is -0.503. The molecule has 0 spiro atoms. The fourth-order valence-electron chi connectivity index (χ4n) is 4.34. The molecule has 0 fully saturated rings. The van der Waals surface area contributed by atoms with Crippen molar-refractivity contribution >= 4 is 27.5 Å². The Labute approximate surface area is 251 Å². The summed E-state index contributed by atoms with van der Waals surface area (Å²) in [5, 5.41) is 27.0. The smallest absolute Gasteiger partial charge is 0.318 e. The van der Waals surface area contributed by atoms with E-state index in [1.54, 1.807) is 6.07 Å². The number of carbonyl (C=O) groups excluding carboxylic acids is 2. The van der Waals surface area contributed by atoms with E-state index in [1.165, 1.54) is 35.2 Å². The van der Waals surface area contributed by atoms with Crippen LogP contribution in [0.2, 0.25) is 0 Å². The lowest BCUT2D eigenvalue weighted by Crippen LogP contribution is -2.53. The molecule has 3 aromatic carbocycles. The van der Waals surface area contributed by atoms with Gasteiger partial charge in [-0.05, 0) is 49.8 Å². The molecule has 0 unspecified atom stereocenters. The molecular formula is C30H37N5O7S. The second kappa shape index (κ2) is 15.8. The molecule has 0 aliphatic rings. The Morgan fingerprint density at radius 2 is 1.58 bits per heavy atom. The predicted molar refractivity (Wildman–Crippen MR) is 161 cm³/mol. The molecular weight excluding hydrogens is 574 g/mol. The minimum absolute atomic E-state index is 0.0329. The van der Waals surface area contributed by atoms with E-state index in [-0.39, 0.29) is 36.6 Å². The van der Waals surface area contributed by atoms with Crippen LogP contribution in [-0.4, -0.2) is 93.1 Å². The van der Waals surface area contributed by atoms with Gasteiger partial charge in [-0.15, -0.1) is 0 Å². The van der Waals surface area contributed by atoms with Crippen molar-refractivity contribution in [2.75, 3.05) is 46.9 Å². The molecule has 0 aromatic heterocycles. The van der Waals surface area contributed by atoms with Gasteiger partial charge in [0.05, 0.1) is 16.4 Å². The van der Waals surface area contributed by atoms with E-state index in [1.807, 2.05) is 49.3 Å². The molecule has 0 radical (unpaired) electrons. The number of urea groups is 1. The van der Waals surface area contributed by atoms with E-state index in [0.717, 1.165) is 17.7 Å². The fourth-order valence-corrected chi connectivity index (χ4v) is 5.77. The van der Waals surface area contributed by atoms with Gasteiger partial charge in [-0.2, -0.15) is 0 Å². The first-order valence-electron chi connectivity index (χ1n) is 13.7. The number of rotatable bonds is 15. The van der Waals surface area contributed by atoms with Crippen molar-refractivity contribution in [3.05, 3.63) is 100 Å². The Morgan fingerprint density at radius 1 is 0.930 bits per heavy atom. The van der Waals surface area contributed by atoms with E-state index < -0.39 is 43.3 Å². The number of aliphatic hydroxyl groups is 1. The maximum absolute atomic E-state index is 13.3. The van der Waals surface area contributed by atoms with Crippen molar-refractivity contribution in [3.63, 3.8) is 0 Å². The molecule has 3 rings (SSSR count). The number of likely N-dealkylation sites (N-methyl/N-ethyl adjacent to an activating group) is 1. The van der Waals surface area contributed by atoms with Gasteiger partial charge in [0.1, 0.15) is 10.9 Å². The average molecular weight is 612 g/mol. The van der Waals surface area contributed by atoms with Crippen LogP contribution in [-0.2, 0) is 27.5 Å². The van der Waals surface area contributed by atoms with Crippen LogP contribution in [0.4, 0.5) is 10.5 Å². The molecule has 3 aromatic rings. The number of nitro groups is 1. The lowest BCUT2D eigenvalue weighted by molar-refractivity contribution is -0.387. The molecule has 0 saturated heterocycles. The lowest BCUT2D eigenvalue weighted by Gasteiger charge is -2.26. The van der Waals surface area contributed by atoms with Gasteiger partial charge in [0.2, 0.25) is 15.7 Å². The standard InChI is InChI=1S/C30H37N5O7S/c1-33(2)18-16-31-29(37)26(32-30(38)34(19-20-36)17-15-23-9-5-3-6-10-23)21-24-13-14-28(27(22-24)35(39)40)43(41,42)25-11-7-4-8-12-25/h3-14,22,26,36H,15-21H2,1-2H3,(H,31,37)(H,32,38)/t26-/m0/s1. The van der Waals surface area contributed by atoms with Crippen LogP contribution in [0.3, 0.4) is 0 Å². The van der Waals surface area contributed by atoms with Gasteiger partial charge in [-0.25, -0.2) is 13.2 Å². The molecule has 43 heavy (non-hydrogen) atoms. The van der Waals surface area contributed by atoms with E-state index in [0.29, 0.717) is 19.5 Å². The van der Waals surface area contributed by atoms with Crippen molar-refractivity contribution in [1.82, 2.24) is 20.4 Å². The summed E-state index contributed by atoms with van der Waals surface area (Å²) in [6, 6.07) is 18.8. The summed E-state index contributed by atoms with van der Waals surface area (Å²) in [5.74, 6) is -0.508. The van der Waals surface area contributed by atoms with Crippen molar-refractivity contribution in [1.29, 1.82) is 0 Å². The molecule has 12 nitrogen and oxygen atoms in total. The summed E-state index contributed by atoms with van der Waals surface area (Å²) >= 11 is 0. The van der Waals surface area contributed by atoms with Gasteiger partial charge in [-0.1, -0.05) is 54.6 Å². The van der Waals surface area contributed by atoms with E-state index >= 15 is 0 Å². The molecule has 0 saturated carbocycles. The third-order valence-electron chi connectivity index (χ3n) is 6.65. The van der Waals surface area contributed by atoms with E-state index in [9.17, 15) is 33.2 Å². The summed E-state index contributed by atoms with van der Waals surface area (Å²) in [6.45, 7) is 0.859. The number of benzene rings is 3. The molecule has 3 N–H and O–H groups in total. The first-order chi connectivity index (χ1) is 20.5. The van der Waals surface area contributed by atoms with Crippen LogP contribution in [0.5, 0.6) is 0 Å². The van der Waals surface area contributed by atoms with Gasteiger partial charge in [0.15, 0.2) is 0 Å². The van der Waals surface area contributed by atoms with Crippen LogP contribution in [0.15, 0.2) is 88.7 Å². The van der Waals surface area contributed by atoms with Gasteiger partial charge in [0.25, 0.3) is 5.69 Å². The summed E-state index contributed by atoms with van der Waals surface area (Å²) in [4.78, 5) is 40.4. The zero-order valence-electron chi connectivity index (χ0n) is 24.2. The number of hydrogen-bond donors (Lipinski definition) is 3. The quantitative estimate of drug-likeness (QED) is 0.174. The first kappa shape index (κ1) is 33.2. The van der Waals surface area contributed by atoms with Crippen molar-refractivity contribution < 1.29 is 28.0 Å². The number of hydrogen-bond acceptors (Lipinski definition) is 8. The average Bonchev–Trinajstić information content (AvgIpc) is 2.99. The highest BCUT2D eigenvalue weighted by atomic mass is 32.2. The molecule has 0 bridgehead atoms. The van der Waals surface area contributed by atoms with Gasteiger partial charge < -0.3 is 25.5 Å². The largest absolute Gasteiger partial charge is 0.395 e. The summed E-state index contributed by atoms with van der Waals surface area (Å²) in [6.07, 6.45) is 0.384. The molecule has 0 aliphatic heterocycles. The molecule has 1 atom stereocenters. The predicted octanol–water partition coefficient (Wildman–Crippen LogP) is 2.26. The second-order valence-corrected chi connectivity index (χ2v) is 12.0. The number of nitro benzene ring substituents is 1. The Morgan fingerprint density at radius 3 is 2.19 bits per heavy atom. The normalized spacial score (nSPS) is 12.0. The number of nitrogens with zero attached hydrogens (tertiary/aromatic N) is 3. The third kappa shape index (κ3) is 9.60. The number of aliphatic hydroxyl groups excluding tert-OH is 1. The van der Waals surface area contributed by atoms with Gasteiger partial charge in [-0.3, -0.25) is 14.9 Å². The fraction of sp³-hybridized carbons (Fsp3) is 0.333. The lowest BCUT2D eigenvalue weighted by atomic mass is 10.0. The van der Waals surface area contributed by atoms with Crippen LogP contribution >= 0.6 is 0 Å². The first-order valence-corrected chi connectivity index (χ1v) is 15.2. The Kier molecular flexibility index (Phi) is 12.2. The third-order valence-corrected chi connectivity index (χ3v) is 8.46. The maximum Gasteiger partial charge on any atom is 0.318 e. The molecule has 0 aliphatic carbocycles. The zero-order valence-corrected chi connectivity index (χ0v) is 25.0. The number of nitrogens with one attached hydrogen (secondary N) is 2. The highest BCUT2D eigenvalue weighted by Crippen LogP contribution is 2.30. The number of carbonyl (C=O) groups is 2. The van der Waals surface area contributed by atoms with Crippen molar-refractivity contribution in [2.45, 2.75) is 28.7 Å². The number of amides is 3. The van der Waals surface area contributed by atoms with Crippen LogP contribution in [0.25, 0.3) is 0 Å². The Balaban J connectivity index is 1.87. The summed E-state index contributed by atoms with van der Waals surface area (Å²) < 4.78 is 26.3. The minimum atomic E-state index is -4.19. The molecule has 3 amide bonds.